The number of carbonyl (C=O) groups is 3. The zero-order chi connectivity index (χ0) is 45.2. The second-order valence-electron chi connectivity index (χ2n) is 16.3. The maximum absolute atomic E-state index is 12.2. The lowest BCUT2D eigenvalue weighted by Gasteiger charge is -2.33. The largest absolute Gasteiger partial charge is 0.489 e. The highest BCUT2D eigenvalue weighted by Crippen LogP contribution is 2.34. The van der Waals surface area contributed by atoms with Gasteiger partial charge in [0.15, 0.2) is 0 Å². The van der Waals surface area contributed by atoms with Crippen molar-refractivity contribution >= 4 is 18.1 Å². The number of hydrazine groups is 1. The number of nitrogens with zero attached hydrogens (tertiary/aromatic N) is 4. The minimum absolute atomic E-state index is 0.0251. The molecule has 1 aromatic heterocycles. The number of piperidine rings is 2. The minimum atomic E-state index is -0.503. The van der Waals surface area contributed by atoms with Gasteiger partial charge < -0.3 is 47.4 Å². The van der Waals surface area contributed by atoms with Gasteiger partial charge in [0, 0.05) is 71.7 Å². The summed E-state index contributed by atoms with van der Waals surface area (Å²) in [6.07, 6.45) is 3.55. The molecule has 340 valence electrons. The molecule has 3 heterocycles. The lowest BCUT2D eigenvalue weighted by atomic mass is 10.1. The predicted octanol–water partition coefficient (Wildman–Crippen LogP) is 7.58. The van der Waals surface area contributed by atoms with E-state index >= 15 is 0 Å². The van der Waals surface area contributed by atoms with E-state index in [4.69, 9.17) is 43.4 Å². The first kappa shape index (κ1) is 50.4. The molecule has 3 amide bonds. The van der Waals surface area contributed by atoms with Crippen molar-refractivity contribution in [2.24, 2.45) is 5.84 Å². The number of hydrogen-bond donors (Lipinski definition) is 2. The number of nitrogens with one attached hydrogen (secondary N) is 1. The van der Waals surface area contributed by atoms with E-state index in [9.17, 15) is 14.4 Å². The van der Waals surface area contributed by atoms with Gasteiger partial charge in [0.1, 0.15) is 34.9 Å². The van der Waals surface area contributed by atoms with Crippen LogP contribution in [0, 0.1) is 13.8 Å². The highest BCUT2D eigenvalue weighted by molar-refractivity contribution is 5.98. The van der Waals surface area contributed by atoms with Crippen LogP contribution in [0.2, 0.25) is 0 Å². The first-order valence-corrected chi connectivity index (χ1v) is 21.0. The topological polar surface area (TPSA) is 199 Å². The number of nitrogen functional groups attached to an aromatic ring is 1. The lowest BCUT2D eigenvalue weighted by molar-refractivity contribution is -0.282. The standard InChI is InChI=1S/C19H25N3O4.C18H27N3O4.C7H16O3/c1-13-6-5-7-15(16(13)17-21-20-12-24-17)25-14-8-10-22(11-9-14)18(23)26-19(2,3)4;1-12-6-5-7-14(15(12)16(22)20-19)24-13-8-10-21(11-9-13)17(23)25-18(2,3)4;1-4-8-7(9-5-2)10-6-3/h5-7,12,14H,8-11H2,1-4H3;5-7,13H,8-11,19H2,1-4H3,(H,20,22);7H,4-6H2,1-3H3. The lowest BCUT2D eigenvalue weighted by Crippen LogP contribution is -2.44. The molecular formula is C44H68N6O11. The van der Waals surface area contributed by atoms with Crippen LogP contribution in [0.15, 0.2) is 47.2 Å². The number of likely N-dealkylation sites (tertiary alicyclic amines) is 2. The van der Waals surface area contributed by atoms with Gasteiger partial charge in [-0.15, -0.1) is 10.2 Å². The molecule has 61 heavy (non-hydrogen) atoms. The monoisotopic (exact) mass is 856 g/mol. The molecule has 2 fully saturated rings. The van der Waals surface area contributed by atoms with E-state index in [2.05, 4.69) is 15.6 Å². The molecule has 0 unspecified atom stereocenters. The molecule has 0 spiro atoms. The van der Waals surface area contributed by atoms with Crippen LogP contribution in [0.5, 0.6) is 11.5 Å². The SMILES string of the molecule is CCOC(OCC)OCC.Cc1cccc(OC2CCN(C(=O)OC(C)(C)C)CC2)c1-c1nnco1.Cc1cccc(OC2CCN(C(=O)OC(C)(C)C)CC2)c1C(=O)NN. The molecule has 0 aliphatic carbocycles. The average molecular weight is 857 g/mol. The summed E-state index contributed by atoms with van der Waals surface area (Å²) < 4.78 is 43.7. The molecule has 0 radical (unpaired) electrons. The van der Waals surface area contributed by atoms with Gasteiger partial charge in [-0.2, -0.15) is 0 Å². The van der Waals surface area contributed by atoms with Crippen LogP contribution in [0.4, 0.5) is 9.59 Å². The summed E-state index contributed by atoms with van der Waals surface area (Å²) in [4.78, 5) is 39.7. The molecule has 0 bridgehead atoms. The number of carbonyl (C=O) groups excluding carboxylic acids is 3. The Kier molecular flexibility index (Phi) is 20.2. The van der Waals surface area contributed by atoms with E-state index in [0.29, 0.717) is 76.0 Å². The second-order valence-corrected chi connectivity index (χ2v) is 16.3. The maximum Gasteiger partial charge on any atom is 0.410 e. The summed E-state index contributed by atoms with van der Waals surface area (Å²) in [5, 5.41) is 7.76. The van der Waals surface area contributed by atoms with Crippen molar-refractivity contribution < 1.29 is 52.0 Å². The van der Waals surface area contributed by atoms with Crippen LogP contribution in [0.1, 0.15) is 109 Å². The van der Waals surface area contributed by atoms with Crippen LogP contribution in [0.3, 0.4) is 0 Å². The van der Waals surface area contributed by atoms with Gasteiger partial charge in [-0.05, 0) is 99.4 Å². The first-order chi connectivity index (χ1) is 28.9. The van der Waals surface area contributed by atoms with Gasteiger partial charge in [-0.25, -0.2) is 15.4 Å². The third kappa shape index (κ3) is 17.1. The Hall–Kier alpha value is -4.97. The fourth-order valence-electron chi connectivity index (χ4n) is 6.27. The highest BCUT2D eigenvalue weighted by atomic mass is 16.8. The zero-order valence-electron chi connectivity index (χ0n) is 37.9. The fraction of sp³-hybridized carbons (Fsp3) is 0.614. The van der Waals surface area contributed by atoms with Crippen molar-refractivity contribution in [1.29, 1.82) is 0 Å². The van der Waals surface area contributed by atoms with Crippen molar-refractivity contribution in [1.82, 2.24) is 25.4 Å². The Labute approximate surface area is 360 Å². The summed E-state index contributed by atoms with van der Waals surface area (Å²) in [5.74, 6) is 6.58. The van der Waals surface area contributed by atoms with E-state index < -0.39 is 17.7 Å². The molecule has 3 aromatic rings. The van der Waals surface area contributed by atoms with Crippen LogP contribution in [-0.2, 0) is 23.7 Å². The van der Waals surface area contributed by atoms with Crippen LogP contribution < -0.4 is 20.7 Å². The molecule has 5 rings (SSSR count). The predicted molar refractivity (Wildman–Crippen MR) is 229 cm³/mol. The first-order valence-electron chi connectivity index (χ1n) is 21.0. The average Bonchev–Trinajstić information content (AvgIpc) is 3.73. The molecule has 0 saturated carbocycles. The Morgan fingerprint density at radius 1 is 0.738 bits per heavy atom. The van der Waals surface area contributed by atoms with E-state index in [1.165, 1.54) is 6.39 Å². The van der Waals surface area contributed by atoms with Gasteiger partial charge in [-0.3, -0.25) is 10.2 Å². The van der Waals surface area contributed by atoms with Crippen LogP contribution in [-0.4, -0.2) is 114 Å². The Morgan fingerprint density at radius 3 is 1.59 bits per heavy atom. The second kappa shape index (κ2) is 24.5. The molecule has 17 heteroatoms. The Balaban J connectivity index is 0.000000268. The summed E-state index contributed by atoms with van der Waals surface area (Å²) in [6, 6.07) is 11.3. The number of aryl methyl sites for hydroxylation is 2. The van der Waals surface area contributed by atoms with E-state index in [0.717, 1.165) is 35.3 Å². The third-order valence-electron chi connectivity index (χ3n) is 9.08. The van der Waals surface area contributed by atoms with E-state index in [1.54, 1.807) is 15.9 Å². The number of amides is 3. The molecule has 2 aromatic carbocycles. The summed E-state index contributed by atoms with van der Waals surface area (Å²) >= 11 is 0. The van der Waals surface area contributed by atoms with Gasteiger partial charge in [0.25, 0.3) is 18.3 Å². The zero-order valence-corrected chi connectivity index (χ0v) is 37.9. The fourth-order valence-corrected chi connectivity index (χ4v) is 6.27. The molecule has 0 atom stereocenters. The molecule has 3 N–H and O–H groups in total. The summed E-state index contributed by atoms with van der Waals surface area (Å²) in [5.41, 5.74) is 4.24. The molecule has 2 saturated heterocycles. The number of hydrogen-bond acceptors (Lipinski definition) is 14. The quantitative estimate of drug-likeness (QED) is 0.0782. The van der Waals surface area contributed by atoms with Crippen molar-refractivity contribution in [3.05, 3.63) is 59.5 Å². The number of nitrogens with two attached hydrogens (primary N) is 1. The minimum Gasteiger partial charge on any atom is -0.489 e. The van der Waals surface area contributed by atoms with Crippen molar-refractivity contribution in [2.75, 3.05) is 46.0 Å². The number of ether oxygens (including phenoxy) is 7. The number of rotatable bonds is 12. The van der Waals surface area contributed by atoms with Gasteiger partial charge in [0.05, 0.1) is 11.1 Å². The van der Waals surface area contributed by atoms with Gasteiger partial charge >= 0.3 is 12.2 Å². The Bertz CT molecular complexity index is 1760. The third-order valence-corrected chi connectivity index (χ3v) is 9.08. The van der Waals surface area contributed by atoms with Crippen molar-refractivity contribution in [2.45, 2.75) is 132 Å². The Morgan fingerprint density at radius 2 is 1.18 bits per heavy atom. The highest BCUT2D eigenvalue weighted by Gasteiger charge is 2.30. The van der Waals surface area contributed by atoms with Crippen molar-refractivity contribution in [3.63, 3.8) is 0 Å². The summed E-state index contributed by atoms with van der Waals surface area (Å²) in [6.45, 7) is 24.4. The number of aromatic nitrogens is 2. The smallest absolute Gasteiger partial charge is 0.410 e. The van der Waals surface area contributed by atoms with Crippen molar-refractivity contribution in [3.8, 4) is 23.0 Å². The number of benzene rings is 2. The van der Waals surface area contributed by atoms with Crippen LogP contribution >= 0.6 is 0 Å². The van der Waals surface area contributed by atoms with Gasteiger partial charge in [0.2, 0.25) is 6.39 Å². The molecular weight excluding hydrogens is 789 g/mol. The van der Waals surface area contributed by atoms with E-state index in [1.807, 2.05) is 106 Å². The normalized spacial score (nSPS) is 14.9. The van der Waals surface area contributed by atoms with Crippen LogP contribution in [0.25, 0.3) is 11.5 Å². The molecule has 2 aliphatic rings. The maximum atomic E-state index is 12.2. The van der Waals surface area contributed by atoms with Gasteiger partial charge in [-0.1, -0.05) is 24.3 Å². The molecule has 17 nitrogen and oxygen atoms in total. The molecule has 2 aliphatic heterocycles. The van der Waals surface area contributed by atoms with E-state index in [-0.39, 0.29) is 30.3 Å². The summed E-state index contributed by atoms with van der Waals surface area (Å²) in [7, 11) is 0.